The monoisotopic (exact) mass is 256 g/mol. The van der Waals surface area contributed by atoms with Crippen LogP contribution in [0.3, 0.4) is 0 Å². The first-order valence-corrected chi connectivity index (χ1v) is 6.65. The van der Waals surface area contributed by atoms with Crippen LogP contribution >= 0.6 is 7.94 Å². The molecule has 0 spiro atoms. The number of aliphatic hydroxyl groups is 1. The Hall–Kier alpha value is -1.17. The van der Waals surface area contributed by atoms with Gasteiger partial charge in [0.2, 0.25) is 6.20 Å². The van der Waals surface area contributed by atoms with Crippen LogP contribution < -0.4 is 9.99 Å². The van der Waals surface area contributed by atoms with Gasteiger partial charge in [0.1, 0.15) is 12.1 Å². The van der Waals surface area contributed by atoms with Crippen molar-refractivity contribution in [2.75, 3.05) is 6.61 Å². The smallest absolute Gasteiger partial charge is 0.390 e. The van der Waals surface area contributed by atoms with Gasteiger partial charge in [0, 0.05) is 5.10 Å². The van der Waals surface area contributed by atoms with Crippen molar-refractivity contribution in [3.8, 4) is 0 Å². The number of aliphatic hydroxyl groups excluding tert-OH is 1. The average molecular weight is 256 g/mol. The van der Waals surface area contributed by atoms with Gasteiger partial charge in [-0.15, -0.1) is 0 Å². The summed E-state index contributed by atoms with van der Waals surface area (Å²) in [5, 5.41) is 13.6. The summed E-state index contributed by atoms with van der Waals surface area (Å²) in [6.07, 6.45) is 1.34. The highest BCUT2D eigenvalue weighted by molar-refractivity contribution is 7.67. The summed E-state index contributed by atoms with van der Waals surface area (Å²) >= 11 is 0. The molecule has 1 aromatic carbocycles. The Kier molecular flexibility index (Phi) is 3.33. The summed E-state index contributed by atoms with van der Waals surface area (Å²) < 4.78 is 1.37. The molecule has 0 amide bonds. The predicted octanol–water partition coefficient (Wildman–Crippen LogP) is -1.12. The minimum absolute atomic E-state index is 0.0385. The molecule has 0 bridgehead atoms. The highest BCUT2D eigenvalue weighted by atomic mass is 31.2. The zero-order chi connectivity index (χ0) is 12.5. The Morgan fingerprint density at radius 1 is 1.18 bits per heavy atom. The Balaban J connectivity index is 2.69. The summed E-state index contributed by atoms with van der Waals surface area (Å²) in [6, 6.07) is 6.83. The first kappa shape index (κ1) is 12.3. The van der Waals surface area contributed by atoms with Crippen LogP contribution in [0.2, 0.25) is 0 Å². The topological polar surface area (TPSA) is 97.7 Å². The molecule has 6 nitrogen and oxygen atoms in total. The Morgan fingerprint density at radius 3 is 2.53 bits per heavy atom. The van der Waals surface area contributed by atoms with Crippen LogP contribution in [0, 0.1) is 0 Å². The van der Waals surface area contributed by atoms with Gasteiger partial charge in [0.15, 0.2) is 6.54 Å². The lowest BCUT2D eigenvalue weighted by molar-refractivity contribution is -0.751. The molecule has 0 radical (unpaired) electrons. The largest absolute Gasteiger partial charge is 0.448 e. The van der Waals surface area contributed by atoms with Gasteiger partial charge in [-0.3, -0.25) is 0 Å². The van der Waals surface area contributed by atoms with E-state index >= 15 is 0 Å². The third-order valence-corrected chi connectivity index (χ3v) is 3.34. The van der Waals surface area contributed by atoms with E-state index in [1.165, 1.54) is 10.9 Å². The fourth-order valence-electron chi connectivity index (χ4n) is 1.61. The van der Waals surface area contributed by atoms with Crippen LogP contribution in [0.4, 0.5) is 0 Å². The molecule has 0 atom stereocenters. The first-order chi connectivity index (χ1) is 8.02. The molecular formula is C10H13N2O4P+2. The molecule has 0 saturated heterocycles. The predicted molar refractivity (Wildman–Crippen MR) is 62.2 cm³/mol. The van der Waals surface area contributed by atoms with E-state index in [1.54, 1.807) is 24.3 Å². The molecule has 0 aliphatic heterocycles. The third kappa shape index (κ3) is 2.57. The molecule has 0 saturated carbocycles. The van der Waals surface area contributed by atoms with Crippen LogP contribution in [0.5, 0.6) is 0 Å². The molecule has 2 aromatic rings. The van der Waals surface area contributed by atoms with E-state index < -0.39 is 7.94 Å². The number of benzene rings is 1. The van der Waals surface area contributed by atoms with Gasteiger partial charge in [-0.25, -0.2) is 0 Å². The number of hydrogen-bond acceptors (Lipinski definition) is 5. The Labute approximate surface area is 98.0 Å². The van der Waals surface area contributed by atoms with Gasteiger partial charge in [-0.05, 0) is 12.1 Å². The summed E-state index contributed by atoms with van der Waals surface area (Å²) in [4.78, 5) is 28.2. The number of nitrogens with zero attached hydrogens (tertiary/aromatic N) is 2. The van der Waals surface area contributed by atoms with E-state index in [2.05, 4.69) is 5.10 Å². The molecule has 4 N–H and O–H groups in total. The second-order valence-corrected chi connectivity index (χ2v) is 5.20. The zero-order valence-electron chi connectivity index (χ0n) is 8.93. The lowest BCUT2D eigenvalue weighted by Crippen LogP contribution is -2.42. The SMILES string of the molecule is OCC[n+]1cc([P+](O)(O)O)c2ccccc2n1. The second kappa shape index (κ2) is 4.60. The van der Waals surface area contributed by atoms with E-state index in [0.717, 1.165) is 0 Å². The van der Waals surface area contributed by atoms with E-state index in [9.17, 15) is 14.7 Å². The number of rotatable bonds is 3. The maximum atomic E-state index is 9.40. The molecule has 17 heavy (non-hydrogen) atoms. The van der Waals surface area contributed by atoms with Gasteiger partial charge in [-0.2, -0.15) is 14.7 Å². The van der Waals surface area contributed by atoms with Crippen molar-refractivity contribution < 1.29 is 24.5 Å². The number of aromatic nitrogens is 2. The van der Waals surface area contributed by atoms with E-state index in [0.29, 0.717) is 10.9 Å². The summed E-state index contributed by atoms with van der Waals surface area (Å²) in [7, 11) is -4.11. The van der Waals surface area contributed by atoms with Crippen LogP contribution in [-0.4, -0.2) is 31.5 Å². The highest BCUT2D eigenvalue weighted by Crippen LogP contribution is 2.44. The minimum Gasteiger partial charge on any atom is -0.390 e. The van der Waals surface area contributed by atoms with Gasteiger partial charge in [-0.1, -0.05) is 16.8 Å². The molecule has 7 heteroatoms. The van der Waals surface area contributed by atoms with Gasteiger partial charge in [0.05, 0.1) is 5.39 Å². The summed E-state index contributed by atoms with van der Waals surface area (Å²) in [5.74, 6) is 0. The lowest BCUT2D eigenvalue weighted by atomic mass is 10.2. The van der Waals surface area contributed by atoms with Crippen LogP contribution in [0.1, 0.15) is 0 Å². The van der Waals surface area contributed by atoms with E-state index in [1.807, 2.05) is 0 Å². The first-order valence-electron chi connectivity index (χ1n) is 5.00. The Bertz CT molecular complexity index is 541. The molecule has 0 aliphatic carbocycles. The lowest BCUT2D eigenvalue weighted by Gasteiger charge is -2.04. The molecule has 2 rings (SSSR count). The average Bonchev–Trinajstić information content (AvgIpc) is 2.27. The van der Waals surface area contributed by atoms with E-state index in [-0.39, 0.29) is 18.5 Å². The highest BCUT2D eigenvalue weighted by Gasteiger charge is 2.40. The maximum absolute atomic E-state index is 9.40. The minimum atomic E-state index is -4.11. The third-order valence-electron chi connectivity index (χ3n) is 2.34. The molecule has 90 valence electrons. The fourth-order valence-corrected chi connectivity index (χ4v) is 2.41. The van der Waals surface area contributed by atoms with Crippen LogP contribution in [-0.2, 0) is 6.54 Å². The molecule has 0 unspecified atom stereocenters. The number of hydrogen-bond donors (Lipinski definition) is 4. The quantitative estimate of drug-likeness (QED) is 0.412. The van der Waals surface area contributed by atoms with Crippen molar-refractivity contribution in [3.05, 3.63) is 30.5 Å². The fraction of sp³-hybridized carbons (Fsp3) is 0.200. The van der Waals surface area contributed by atoms with Gasteiger partial charge in [0.25, 0.3) is 5.30 Å². The molecule has 0 aliphatic rings. The number of fused-ring (bicyclic) bond motifs is 1. The van der Waals surface area contributed by atoms with Crippen molar-refractivity contribution in [2.24, 2.45) is 0 Å². The molecule has 0 fully saturated rings. The summed E-state index contributed by atoms with van der Waals surface area (Å²) in [6.45, 7) is 0.0982. The van der Waals surface area contributed by atoms with Gasteiger partial charge >= 0.3 is 7.94 Å². The Morgan fingerprint density at radius 2 is 1.88 bits per heavy atom. The maximum Gasteiger partial charge on any atom is 0.448 e. The molecular weight excluding hydrogens is 243 g/mol. The van der Waals surface area contributed by atoms with Crippen molar-refractivity contribution >= 4 is 24.2 Å². The van der Waals surface area contributed by atoms with Crippen molar-refractivity contribution in [1.29, 1.82) is 0 Å². The van der Waals surface area contributed by atoms with Gasteiger partial charge < -0.3 is 5.11 Å². The van der Waals surface area contributed by atoms with Crippen molar-refractivity contribution in [2.45, 2.75) is 6.54 Å². The van der Waals surface area contributed by atoms with Crippen LogP contribution in [0.25, 0.3) is 10.9 Å². The normalized spacial score (nSPS) is 12.0. The van der Waals surface area contributed by atoms with Crippen molar-refractivity contribution in [3.63, 3.8) is 0 Å². The standard InChI is InChI=1S/C10H13N2O4P/c13-6-5-12-7-10(17(14,15)16)8-3-1-2-4-9(8)11-12/h1-4,7,13-16H,5-6H2/q+2. The summed E-state index contributed by atoms with van der Waals surface area (Å²) in [5.41, 5.74) is 0.528. The molecule has 1 heterocycles. The van der Waals surface area contributed by atoms with Crippen LogP contribution in [0.15, 0.2) is 30.5 Å². The molecule has 1 aromatic heterocycles. The second-order valence-electron chi connectivity index (χ2n) is 3.59. The zero-order valence-corrected chi connectivity index (χ0v) is 9.83. The van der Waals surface area contributed by atoms with E-state index in [4.69, 9.17) is 5.11 Å². The van der Waals surface area contributed by atoms with Crippen molar-refractivity contribution in [1.82, 2.24) is 5.10 Å².